The number of piperidine rings is 1. The highest BCUT2D eigenvalue weighted by Gasteiger charge is 2.24. The number of nitrogens with zero attached hydrogens (tertiary/aromatic N) is 1. The molecule has 0 amide bonds. The van der Waals surface area contributed by atoms with Gasteiger partial charge in [-0.05, 0) is 23.8 Å². The molecule has 0 bridgehead atoms. The minimum atomic E-state index is -3.45. The molecular weight excluding hydrogens is 286 g/mol. The maximum absolute atomic E-state index is 12.0. The highest BCUT2D eigenvalue weighted by Crippen LogP contribution is 2.15. The summed E-state index contributed by atoms with van der Waals surface area (Å²) in [5, 5.41) is 1.78. The highest BCUT2D eigenvalue weighted by molar-refractivity contribution is 7.92. The fourth-order valence-electron chi connectivity index (χ4n) is 1.81. The third-order valence-electron chi connectivity index (χ3n) is 2.94. The Kier molecular flexibility index (Phi) is 4.39. The first kappa shape index (κ1) is 14.2. The summed E-state index contributed by atoms with van der Waals surface area (Å²) in [6.45, 7) is 0.540. The first-order valence-electron chi connectivity index (χ1n) is 5.93. The molecule has 0 saturated carbocycles. The minimum Gasteiger partial charge on any atom is -0.300 e. The standard InChI is InChI=1S/C13H14ClNO3S/c14-12-3-1-11(2-4-12)7-10-19(17,18)15-8-5-13(16)6-9-15/h1-4,7,10H,5-6,8-9H2/b10-7+. The maximum atomic E-state index is 12.0. The molecule has 0 aromatic heterocycles. The maximum Gasteiger partial charge on any atom is 0.236 e. The van der Waals surface area contributed by atoms with Crippen molar-refractivity contribution >= 4 is 33.5 Å². The molecular formula is C13H14ClNO3S. The molecule has 0 N–H and O–H groups in total. The SMILES string of the molecule is O=C1CCN(S(=O)(=O)/C=C/c2ccc(Cl)cc2)CC1. The Morgan fingerprint density at radius 1 is 1.11 bits per heavy atom. The molecule has 2 rings (SSSR count). The number of ketones is 1. The Morgan fingerprint density at radius 3 is 2.26 bits per heavy atom. The zero-order valence-electron chi connectivity index (χ0n) is 10.3. The van der Waals surface area contributed by atoms with Crippen molar-refractivity contribution in [1.29, 1.82) is 0 Å². The van der Waals surface area contributed by atoms with Crippen molar-refractivity contribution in [2.24, 2.45) is 0 Å². The smallest absolute Gasteiger partial charge is 0.236 e. The molecule has 102 valence electrons. The first-order valence-corrected chi connectivity index (χ1v) is 7.81. The number of hydrogen-bond donors (Lipinski definition) is 0. The molecule has 1 aliphatic rings. The Balaban J connectivity index is 2.08. The van der Waals surface area contributed by atoms with E-state index in [1.807, 2.05) is 0 Å². The highest BCUT2D eigenvalue weighted by atomic mass is 35.5. The molecule has 1 fully saturated rings. The van der Waals surface area contributed by atoms with E-state index in [4.69, 9.17) is 11.6 Å². The number of Topliss-reactive ketones (excluding diaryl/α,β-unsaturated/α-hetero) is 1. The zero-order valence-corrected chi connectivity index (χ0v) is 11.8. The first-order chi connectivity index (χ1) is 8.97. The Morgan fingerprint density at radius 2 is 1.68 bits per heavy atom. The van der Waals surface area contributed by atoms with E-state index in [1.165, 1.54) is 15.8 Å². The van der Waals surface area contributed by atoms with E-state index in [-0.39, 0.29) is 18.9 Å². The van der Waals surface area contributed by atoms with Gasteiger partial charge in [0.05, 0.1) is 0 Å². The molecule has 0 spiro atoms. The molecule has 19 heavy (non-hydrogen) atoms. The third-order valence-corrected chi connectivity index (χ3v) is 4.76. The van der Waals surface area contributed by atoms with Crippen molar-refractivity contribution in [3.8, 4) is 0 Å². The van der Waals surface area contributed by atoms with Crippen LogP contribution in [0.1, 0.15) is 18.4 Å². The Labute approximate surface area is 117 Å². The Hall–Kier alpha value is -1.17. The monoisotopic (exact) mass is 299 g/mol. The second kappa shape index (κ2) is 5.86. The van der Waals surface area contributed by atoms with Gasteiger partial charge >= 0.3 is 0 Å². The van der Waals surface area contributed by atoms with Gasteiger partial charge in [-0.2, -0.15) is 4.31 Å². The summed E-state index contributed by atoms with van der Waals surface area (Å²) < 4.78 is 25.4. The van der Waals surface area contributed by atoms with Gasteiger partial charge < -0.3 is 0 Å². The van der Waals surface area contributed by atoms with Gasteiger partial charge in [0.15, 0.2) is 0 Å². The van der Waals surface area contributed by atoms with Gasteiger partial charge in [-0.25, -0.2) is 8.42 Å². The predicted molar refractivity (Wildman–Crippen MR) is 75.2 cm³/mol. The van der Waals surface area contributed by atoms with Gasteiger partial charge in [-0.1, -0.05) is 23.7 Å². The lowest BCUT2D eigenvalue weighted by Gasteiger charge is -2.23. The second-order valence-corrected chi connectivity index (χ2v) is 6.59. The molecule has 1 aliphatic heterocycles. The zero-order chi connectivity index (χ0) is 13.9. The number of carbonyl (C=O) groups is 1. The third kappa shape index (κ3) is 3.89. The number of halogens is 1. The van der Waals surface area contributed by atoms with Gasteiger partial charge in [0, 0.05) is 36.4 Å². The summed E-state index contributed by atoms with van der Waals surface area (Å²) in [7, 11) is -3.45. The lowest BCUT2D eigenvalue weighted by molar-refractivity contribution is -0.120. The molecule has 1 aromatic carbocycles. The molecule has 1 heterocycles. The fourth-order valence-corrected chi connectivity index (χ4v) is 3.13. The van der Waals surface area contributed by atoms with Crippen LogP contribution in [-0.2, 0) is 14.8 Å². The van der Waals surface area contributed by atoms with E-state index in [0.29, 0.717) is 17.9 Å². The van der Waals surface area contributed by atoms with Crippen molar-refractivity contribution < 1.29 is 13.2 Å². The molecule has 0 unspecified atom stereocenters. The van der Waals surface area contributed by atoms with Crippen LogP contribution >= 0.6 is 11.6 Å². The van der Waals surface area contributed by atoms with Crippen LogP contribution in [0.15, 0.2) is 29.7 Å². The Bertz CT molecular complexity index is 583. The largest absolute Gasteiger partial charge is 0.300 e. The van der Waals surface area contributed by atoms with Crippen LogP contribution in [0.25, 0.3) is 6.08 Å². The number of rotatable bonds is 3. The van der Waals surface area contributed by atoms with Crippen molar-refractivity contribution in [3.05, 3.63) is 40.3 Å². The summed E-state index contributed by atoms with van der Waals surface area (Å²) >= 11 is 5.75. The van der Waals surface area contributed by atoms with Crippen LogP contribution in [0.4, 0.5) is 0 Å². The second-order valence-electron chi connectivity index (χ2n) is 4.34. The van der Waals surface area contributed by atoms with Crippen LogP contribution in [0.5, 0.6) is 0 Å². The van der Waals surface area contributed by atoms with Gasteiger partial charge in [0.1, 0.15) is 5.78 Å². The van der Waals surface area contributed by atoms with Gasteiger partial charge in [-0.3, -0.25) is 4.79 Å². The average molecular weight is 300 g/mol. The summed E-state index contributed by atoms with van der Waals surface area (Å²) in [5.41, 5.74) is 0.765. The van der Waals surface area contributed by atoms with Gasteiger partial charge in [-0.15, -0.1) is 0 Å². The minimum absolute atomic E-state index is 0.119. The molecule has 1 aromatic rings. The summed E-state index contributed by atoms with van der Waals surface area (Å²) in [6, 6.07) is 6.89. The van der Waals surface area contributed by atoms with Crippen LogP contribution in [0.2, 0.25) is 5.02 Å². The van der Waals surface area contributed by atoms with Crippen molar-refractivity contribution in [1.82, 2.24) is 4.31 Å². The van der Waals surface area contributed by atoms with E-state index in [9.17, 15) is 13.2 Å². The van der Waals surface area contributed by atoms with Crippen LogP contribution in [-0.4, -0.2) is 31.6 Å². The number of sulfonamides is 1. The lowest BCUT2D eigenvalue weighted by Crippen LogP contribution is -2.37. The van der Waals surface area contributed by atoms with E-state index in [1.54, 1.807) is 24.3 Å². The molecule has 6 heteroatoms. The van der Waals surface area contributed by atoms with Crippen LogP contribution < -0.4 is 0 Å². The van der Waals surface area contributed by atoms with E-state index in [2.05, 4.69) is 0 Å². The average Bonchev–Trinajstić information content (AvgIpc) is 2.39. The summed E-state index contributed by atoms with van der Waals surface area (Å²) in [4.78, 5) is 11.1. The van der Waals surface area contributed by atoms with E-state index >= 15 is 0 Å². The molecule has 0 radical (unpaired) electrons. The number of carbonyl (C=O) groups excluding carboxylic acids is 1. The summed E-state index contributed by atoms with van der Waals surface area (Å²) in [6.07, 6.45) is 2.13. The molecule has 0 aliphatic carbocycles. The van der Waals surface area contributed by atoms with Gasteiger partial charge in [0.25, 0.3) is 0 Å². The summed E-state index contributed by atoms with van der Waals surface area (Å²) in [5.74, 6) is 0.119. The predicted octanol–water partition coefficient (Wildman–Crippen LogP) is 2.31. The quantitative estimate of drug-likeness (QED) is 0.860. The topological polar surface area (TPSA) is 54.5 Å². The number of hydrogen-bond acceptors (Lipinski definition) is 3. The van der Waals surface area contributed by atoms with E-state index < -0.39 is 10.0 Å². The molecule has 4 nitrogen and oxygen atoms in total. The van der Waals surface area contributed by atoms with Gasteiger partial charge in [0.2, 0.25) is 10.0 Å². The number of benzene rings is 1. The van der Waals surface area contributed by atoms with Crippen LogP contribution in [0, 0.1) is 0 Å². The van der Waals surface area contributed by atoms with E-state index in [0.717, 1.165) is 5.56 Å². The molecule has 0 atom stereocenters. The molecule has 1 saturated heterocycles. The van der Waals surface area contributed by atoms with Crippen molar-refractivity contribution in [2.45, 2.75) is 12.8 Å². The van der Waals surface area contributed by atoms with Crippen molar-refractivity contribution in [3.63, 3.8) is 0 Å². The van der Waals surface area contributed by atoms with Crippen molar-refractivity contribution in [2.75, 3.05) is 13.1 Å². The van der Waals surface area contributed by atoms with Crippen LogP contribution in [0.3, 0.4) is 0 Å². The normalized spacial score (nSPS) is 18.1. The lowest BCUT2D eigenvalue weighted by atomic mass is 10.1. The fraction of sp³-hybridized carbons (Fsp3) is 0.308.